The van der Waals surface area contributed by atoms with Gasteiger partial charge in [0.1, 0.15) is 30.2 Å². The minimum atomic E-state index is -0.699. The van der Waals surface area contributed by atoms with Crippen molar-refractivity contribution in [3.8, 4) is 5.75 Å². The molecule has 5 aromatic carbocycles. The summed E-state index contributed by atoms with van der Waals surface area (Å²) in [6.07, 6.45) is -2.80. The van der Waals surface area contributed by atoms with Crippen LogP contribution in [0.2, 0.25) is 0 Å². The predicted molar refractivity (Wildman–Crippen MR) is 181 cm³/mol. The summed E-state index contributed by atoms with van der Waals surface area (Å²) in [5.41, 5.74) is 4.18. The molecular weight excluding hydrogens is 592 g/mol. The number of hydrogen-bond donors (Lipinski definition) is 0. The van der Waals surface area contributed by atoms with Crippen LogP contribution >= 0.6 is 0 Å². The second-order valence-electron chi connectivity index (χ2n) is 11.6. The standard InChI is InChI=1S/C40H42O7/c1-41-35-21-18-31(19-22-35)24-43-28-36-37(44-27-32-17-20-33-15-9-10-16-34(33)23-32)38(45-25-29-11-5-3-6-12-29)39(40(42-2)47-36)46-26-30-13-7-4-8-14-30/h3-23,36-40H,24-28H2,1-2H3/t36-,37-,38+,39-,40+/m1/s1. The van der Waals surface area contributed by atoms with Crippen LogP contribution in [0.1, 0.15) is 22.3 Å². The Morgan fingerprint density at radius 3 is 1.72 bits per heavy atom. The van der Waals surface area contributed by atoms with Crippen LogP contribution in [0.4, 0.5) is 0 Å². The number of ether oxygens (including phenoxy) is 7. The first-order valence-electron chi connectivity index (χ1n) is 16.0. The van der Waals surface area contributed by atoms with E-state index >= 15 is 0 Å². The summed E-state index contributed by atoms with van der Waals surface area (Å²) in [4.78, 5) is 0. The number of rotatable bonds is 15. The molecule has 0 amide bonds. The van der Waals surface area contributed by atoms with E-state index in [1.54, 1.807) is 14.2 Å². The van der Waals surface area contributed by atoms with Crippen LogP contribution in [0.5, 0.6) is 5.75 Å². The Morgan fingerprint density at radius 1 is 0.511 bits per heavy atom. The lowest BCUT2D eigenvalue weighted by Gasteiger charge is -2.45. The lowest BCUT2D eigenvalue weighted by Crippen LogP contribution is -2.61. The monoisotopic (exact) mass is 634 g/mol. The van der Waals surface area contributed by atoms with E-state index in [0.717, 1.165) is 33.4 Å². The van der Waals surface area contributed by atoms with Gasteiger partial charge < -0.3 is 33.2 Å². The third-order valence-corrected chi connectivity index (χ3v) is 8.36. The Morgan fingerprint density at radius 2 is 1.06 bits per heavy atom. The highest BCUT2D eigenvalue weighted by Crippen LogP contribution is 2.31. The predicted octanol–water partition coefficient (Wildman–Crippen LogP) is 7.49. The summed E-state index contributed by atoms with van der Waals surface area (Å²) in [6, 6.07) is 42.7. The summed E-state index contributed by atoms with van der Waals surface area (Å²) in [5.74, 6) is 0.800. The number of hydrogen-bond acceptors (Lipinski definition) is 7. The first-order valence-corrected chi connectivity index (χ1v) is 16.0. The topological polar surface area (TPSA) is 64.6 Å². The van der Waals surface area contributed by atoms with Gasteiger partial charge in [-0.2, -0.15) is 0 Å². The summed E-state index contributed by atoms with van der Waals surface area (Å²) in [5, 5.41) is 2.34. The Kier molecular flexibility index (Phi) is 11.6. The van der Waals surface area contributed by atoms with Crippen molar-refractivity contribution in [2.24, 2.45) is 0 Å². The zero-order valence-electron chi connectivity index (χ0n) is 26.9. The van der Waals surface area contributed by atoms with Crippen molar-refractivity contribution in [1.82, 2.24) is 0 Å². The van der Waals surface area contributed by atoms with Crippen LogP contribution in [0.15, 0.2) is 127 Å². The van der Waals surface area contributed by atoms with E-state index in [2.05, 4.69) is 30.3 Å². The van der Waals surface area contributed by atoms with Crippen LogP contribution in [-0.4, -0.2) is 51.5 Å². The van der Waals surface area contributed by atoms with Crippen molar-refractivity contribution < 1.29 is 33.2 Å². The van der Waals surface area contributed by atoms with E-state index < -0.39 is 30.7 Å². The largest absolute Gasteiger partial charge is 0.497 e. The zero-order valence-corrected chi connectivity index (χ0v) is 26.9. The maximum absolute atomic E-state index is 6.76. The van der Waals surface area contributed by atoms with Gasteiger partial charge in [-0.25, -0.2) is 0 Å². The zero-order chi connectivity index (χ0) is 32.3. The van der Waals surface area contributed by atoms with Gasteiger partial charge in [0.2, 0.25) is 0 Å². The van der Waals surface area contributed by atoms with Crippen molar-refractivity contribution in [3.63, 3.8) is 0 Å². The second kappa shape index (κ2) is 16.7. The number of benzene rings is 5. The lowest BCUT2D eigenvalue weighted by molar-refractivity contribution is -0.323. The van der Waals surface area contributed by atoms with Crippen LogP contribution in [-0.2, 0) is 54.8 Å². The van der Waals surface area contributed by atoms with Gasteiger partial charge in [-0.3, -0.25) is 0 Å². The molecule has 1 aliphatic rings. The molecule has 7 heteroatoms. The fraction of sp³-hybridized carbons (Fsp3) is 0.300. The maximum Gasteiger partial charge on any atom is 0.186 e. The van der Waals surface area contributed by atoms with E-state index in [1.165, 1.54) is 5.39 Å². The fourth-order valence-corrected chi connectivity index (χ4v) is 5.84. The van der Waals surface area contributed by atoms with Gasteiger partial charge in [0.05, 0.1) is 40.1 Å². The smallest absolute Gasteiger partial charge is 0.186 e. The molecule has 5 aromatic rings. The van der Waals surface area contributed by atoms with Crippen molar-refractivity contribution >= 4 is 10.8 Å². The molecule has 1 saturated heterocycles. The molecule has 0 aromatic heterocycles. The third-order valence-electron chi connectivity index (χ3n) is 8.36. The van der Waals surface area contributed by atoms with Crippen molar-refractivity contribution in [2.45, 2.75) is 57.1 Å². The van der Waals surface area contributed by atoms with Gasteiger partial charge in [0.15, 0.2) is 6.29 Å². The molecule has 6 rings (SSSR count). The van der Waals surface area contributed by atoms with Gasteiger partial charge in [-0.1, -0.05) is 109 Å². The Hall–Kier alpha value is -4.08. The quantitative estimate of drug-likeness (QED) is 0.118. The molecule has 0 bridgehead atoms. The van der Waals surface area contributed by atoms with Crippen molar-refractivity contribution in [2.75, 3.05) is 20.8 Å². The van der Waals surface area contributed by atoms with Gasteiger partial charge in [0.25, 0.3) is 0 Å². The fourth-order valence-electron chi connectivity index (χ4n) is 5.84. The highest BCUT2D eigenvalue weighted by molar-refractivity contribution is 5.82. The van der Waals surface area contributed by atoms with Gasteiger partial charge in [-0.15, -0.1) is 0 Å². The van der Waals surface area contributed by atoms with Crippen LogP contribution < -0.4 is 4.74 Å². The molecule has 0 aliphatic carbocycles. The SMILES string of the molecule is COc1ccc(COC[C@H]2O[C@H](OC)[C@H](OCc3ccccc3)[C@@H](OCc3ccccc3)[C@@H]2OCc2ccc3ccccc3c2)cc1. The second-order valence-corrected chi connectivity index (χ2v) is 11.6. The van der Waals surface area contributed by atoms with E-state index in [0.29, 0.717) is 26.4 Å². The molecule has 47 heavy (non-hydrogen) atoms. The Balaban J connectivity index is 1.26. The van der Waals surface area contributed by atoms with Crippen molar-refractivity contribution in [3.05, 3.63) is 150 Å². The number of fused-ring (bicyclic) bond motifs is 1. The summed E-state index contributed by atoms with van der Waals surface area (Å²) >= 11 is 0. The highest BCUT2D eigenvalue weighted by atomic mass is 16.7. The molecule has 0 unspecified atom stereocenters. The van der Waals surface area contributed by atoms with E-state index in [-0.39, 0.29) is 6.61 Å². The molecule has 5 atom stereocenters. The van der Waals surface area contributed by atoms with E-state index in [4.69, 9.17) is 33.2 Å². The average molecular weight is 635 g/mol. The van der Waals surface area contributed by atoms with E-state index in [9.17, 15) is 0 Å². The number of methoxy groups -OCH3 is 2. The summed E-state index contributed by atoms with van der Waals surface area (Å²) in [6.45, 7) is 1.79. The lowest BCUT2D eigenvalue weighted by atomic mass is 9.97. The highest BCUT2D eigenvalue weighted by Gasteiger charge is 2.48. The minimum absolute atomic E-state index is 0.269. The summed E-state index contributed by atoms with van der Waals surface area (Å²) < 4.78 is 44.0. The molecule has 0 radical (unpaired) electrons. The van der Waals surface area contributed by atoms with Crippen molar-refractivity contribution in [1.29, 1.82) is 0 Å². The molecule has 1 heterocycles. The Labute approximate surface area is 276 Å². The molecule has 0 N–H and O–H groups in total. The molecule has 0 saturated carbocycles. The molecular formula is C40H42O7. The van der Waals surface area contributed by atoms with Gasteiger partial charge in [-0.05, 0) is 51.2 Å². The first-order chi connectivity index (χ1) is 23.2. The Bertz CT molecular complexity index is 1640. The van der Waals surface area contributed by atoms with Gasteiger partial charge >= 0.3 is 0 Å². The molecule has 244 valence electrons. The first kappa shape index (κ1) is 32.8. The van der Waals surface area contributed by atoms with Crippen LogP contribution in [0.3, 0.4) is 0 Å². The van der Waals surface area contributed by atoms with E-state index in [1.807, 2.05) is 97.1 Å². The molecule has 1 aliphatic heterocycles. The minimum Gasteiger partial charge on any atom is -0.497 e. The van der Waals surface area contributed by atoms with Crippen LogP contribution in [0.25, 0.3) is 10.8 Å². The van der Waals surface area contributed by atoms with Crippen LogP contribution in [0, 0.1) is 0 Å². The normalized spacial score (nSPS) is 21.1. The molecule has 0 spiro atoms. The van der Waals surface area contributed by atoms with Gasteiger partial charge in [0, 0.05) is 7.11 Å². The molecule has 7 nitrogen and oxygen atoms in total. The summed E-state index contributed by atoms with van der Waals surface area (Å²) in [7, 11) is 3.28. The average Bonchev–Trinajstić information content (AvgIpc) is 3.13. The molecule has 1 fully saturated rings. The third kappa shape index (κ3) is 8.84. The maximum atomic E-state index is 6.76.